The first-order valence-corrected chi connectivity index (χ1v) is 6.67. The third kappa shape index (κ3) is 2.05. The van der Waals surface area contributed by atoms with Gasteiger partial charge in [0, 0.05) is 6.54 Å². The molecule has 0 aliphatic carbocycles. The van der Waals surface area contributed by atoms with Gasteiger partial charge in [0.2, 0.25) is 0 Å². The molecule has 1 fully saturated rings. The Morgan fingerprint density at radius 3 is 2.82 bits per heavy atom. The third-order valence-corrected chi connectivity index (χ3v) is 4.33. The van der Waals surface area contributed by atoms with Crippen molar-refractivity contribution in [1.82, 2.24) is 4.47 Å². The number of hydrogen-bond donors (Lipinski definition) is 0. The number of hydroxylamine groups is 1. The van der Waals surface area contributed by atoms with E-state index >= 15 is 0 Å². The summed E-state index contributed by atoms with van der Waals surface area (Å²) in [6, 6.07) is 6.70. The van der Waals surface area contributed by atoms with Gasteiger partial charge in [0.15, 0.2) is 0 Å². The van der Waals surface area contributed by atoms with Gasteiger partial charge < -0.3 is 0 Å². The summed E-state index contributed by atoms with van der Waals surface area (Å²) >= 11 is 0. The number of hydrogen-bond acceptors (Lipinski definition) is 4. The average Bonchev–Trinajstić information content (AvgIpc) is 2.82. The first-order valence-electron chi connectivity index (χ1n) is 5.23. The maximum absolute atomic E-state index is 12.2. The van der Waals surface area contributed by atoms with Crippen LogP contribution in [0, 0.1) is 18.3 Å². The maximum atomic E-state index is 12.2. The quantitative estimate of drug-likeness (QED) is 0.792. The van der Waals surface area contributed by atoms with Crippen molar-refractivity contribution in [3.63, 3.8) is 0 Å². The minimum atomic E-state index is -3.72. The number of nitrogens with zero attached hydrogens (tertiary/aromatic N) is 2. The van der Waals surface area contributed by atoms with Gasteiger partial charge in [0.25, 0.3) is 10.0 Å². The van der Waals surface area contributed by atoms with Gasteiger partial charge in [0.1, 0.15) is 11.0 Å². The van der Waals surface area contributed by atoms with Crippen molar-refractivity contribution in [3.8, 4) is 6.07 Å². The summed E-state index contributed by atoms with van der Waals surface area (Å²) in [5, 5.41) is 9.03. The molecule has 5 nitrogen and oxygen atoms in total. The Morgan fingerprint density at radius 1 is 1.47 bits per heavy atom. The average molecular weight is 252 g/mol. The van der Waals surface area contributed by atoms with Gasteiger partial charge in [-0.15, -0.1) is 0 Å². The van der Waals surface area contributed by atoms with Gasteiger partial charge in [-0.1, -0.05) is 16.6 Å². The highest BCUT2D eigenvalue weighted by atomic mass is 32.2. The molecule has 1 aliphatic heterocycles. The smallest absolute Gasteiger partial charge is 0.266 e. The Balaban J connectivity index is 2.54. The molecule has 1 heterocycles. The lowest BCUT2D eigenvalue weighted by Crippen LogP contribution is -2.27. The second-order valence-corrected chi connectivity index (χ2v) is 5.58. The van der Waals surface area contributed by atoms with Crippen LogP contribution in [-0.2, 0) is 14.9 Å². The normalized spacial score (nSPS) is 16.9. The molecule has 1 aromatic carbocycles. The highest BCUT2D eigenvalue weighted by Crippen LogP contribution is 2.24. The van der Waals surface area contributed by atoms with Gasteiger partial charge in [-0.3, -0.25) is 4.84 Å². The zero-order valence-electron chi connectivity index (χ0n) is 9.38. The van der Waals surface area contributed by atoms with E-state index in [-0.39, 0.29) is 10.5 Å². The molecule has 2 rings (SSSR count). The van der Waals surface area contributed by atoms with Crippen LogP contribution in [0.1, 0.15) is 17.5 Å². The molecule has 0 aromatic heterocycles. The molecule has 17 heavy (non-hydrogen) atoms. The van der Waals surface area contributed by atoms with Gasteiger partial charge in [-0.25, -0.2) is 8.42 Å². The number of rotatable bonds is 2. The number of aryl methyl sites for hydroxylation is 1. The predicted octanol–water partition coefficient (Wildman–Crippen LogP) is 1.19. The third-order valence-electron chi connectivity index (χ3n) is 2.61. The summed E-state index contributed by atoms with van der Waals surface area (Å²) in [5.74, 6) is 0. The molecular formula is C11H12N2O3S. The summed E-state index contributed by atoms with van der Waals surface area (Å²) in [6.45, 7) is 2.44. The van der Waals surface area contributed by atoms with E-state index in [0.29, 0.717) is 25.1 Å². The summed E-state index contributed by atoms with van der Waals surface area (Å²) < 4.78 is 25.4. The van der Waals surface area contributed by atoms with Crippen molar-refractivity contribution >= 4 is 10.0 Å². The van der Waals surface area contributed by atoms with Gasteiger partial charge in [-0.2, -0.15) is 5.26 Å². The molecule has 0 amide bonds. The van der Waals surface area contributed by atoms with Crippen LogP contribution in [0.2, 0.25) is 0 Å². The van der Waals surface area contributed by atoms with Crippen LogP contribution in [0.5, 0.6) is 0 Å². The molecule has 0 spiro atoms. The zero-order valence-corrected chi connectivity index (χ0v) is 10.2. The van der Waals surface area contributed by atoms with Crippen molar-refractivity contribution in [3.05, 3.63) is 29.3 Å². The molecule has 0 bridgehead atoms. The van der Waals surface area contributed by atoms with E-state index < -0.39 is 10.0 Å². The number of benzene rings is 1. The monoisotopic (exact) mass is 252 g/mol. The summed E-state index contributed by atoms with van der Waals surface area (Å²) in [5.41, 5.74) is 0.829. The Kier molecular flexibility index (Phi) is 3.15. The van der Waals surface area contributed by atoms with Crippen LogP contribution in [0.15, 0.2) is 23.1 Å². The fourth-order valence-corrected chi connectivity index (χ4v) is 3.24. The van der Waals surface area contributed by atoms with Crippen molar-refractivity contribution in [2.75, 3.05) is 13.2 Å². The molecule has 0 atom stereocenters. The highest BCUT2D eigenvalue weighted by Gasteiger charge is 2.31. The molecule has 1 aliphatic rings. The SMILES string of the molecule is Cc1cccc(S(=O)(=O)N2CCCO2)c1C#N. The lowest BCUT2D eigenvalue weighted by molar-refractivity contribution is -0.0284. The minimum absolute atomic E-state index is 0.0156. The predicted molar refractivity (Wildman–Crippen MR) is 60.4 cm³/mol. The fraction of sp³-hybridized carbons (Fsp3) is 0.364. The van der Waals surface area contributed by atoms with Crippen LogP contribution in [0.4, 0.5) is 0 Å². The van der Waals surface area contributed by atoms with Crippen molar-refractivity contribution in [2.45, 2.75) is 18.2 Å². The van der Waals surface area contributed by atoms with Crippen LogP contribution >= 0.6 is 0 Å². The van der Waals surface area contributed by atoms with Crippen LogP contribution in [0.25, 0.3) is 0 Å². The standard InChI is InChI=1S/C11H12N2O3S/c1-9-4-2-5-11(10(9)8-12)17(14,15)13-6-3-7-16-13/h2,4-5H,3,6-7H2,1H3. The first-order chi connectivity index (χ1) is 8.07. The lowest BCUT2D eigenvalue weighted by atomic mass is 10.1. The topological polar surface area (TPSA) is 70.4 Å². The maximum Gasteiger partial charge on any atom is 0.266 e. The van der Waals surface area contributed by atoms with Gasteiger partial charge >= 0.3 is 0 Å². The first kappa shape index (κ1) is 12.0. The second-order valence-electron chi connectivity index (χ2n) is 3.78. The van der Waals surface area contributed by atoms with E-state index in [1.54, 1.807) is 19.1 Å². The molecule has 1 aromatic rings. The Bertz CT molecular complexity index is 569. The fourth-order valence-electron chi connectivity index (χ4n) is 1.72. The molecular weight excluding hydrogens is 240 g/mol. The van der Waals surface area contributed by atoms with Crippen molar-refractivity contribution in [2.24, 2.45) is 0 Å². The van der Waals surface area contributed by atoms with E-state index in [2.05, 4.69) is 0 Å². The molecule has 0 radical (unpaired) electrons. The van der Waals surface area contributed by atoms with E-state index in [0.717, 1.165) is 4.47 Å². The zero-order chi connectivity index (χ0) is 12.5. The van der Waals surface area contributed by atoms with E-state index in [1.807, 2.05) is 6.07 Å². The van der Waals surface area contributed by atoms with E-state index in [4.69, 9.17) is 10.1 Å². The largest absolute Gasteiger partial charge is 0.284 e. The Labute approximate surface area is 100 Å². The second kappa shape index (κ2) is 4.45. The molecule has 6 heteroatoms. The van der Waals surface area contributed by atoms with Crippen LogP contribution in [0.3, 0.4) is 0 Å². The number of sulfonamides is 1. The number of nitriles is 1. The molecule has 0 saturated carbocycles. The minimum Gasteiger partial charge on any atom is -0.284 e. The Morgan fingerprint density at radius 2 is 2.24 bits per heavy atom. The molecule has 0 N–H and O–H groups in total. The highest BCUT2D eigenvalue weighted by molar-refractivity contribution is 7.89. The summed E-state index contributed by atoms with van der Waals surface area (Å²) in [6.07, 6.45) is 0.674. The van der Waals surface area contributed by atoms with Gasteiger partial charge in [-0.05, 0) is 25.0 Å². The van der Waals surface area contributed by atoms with Crippen LogP contribution < -0.4 is 0 Å². The molecule has 0 unspecified atom stereocenters. The molecule has 1 saturated heterocycles. The summed E-state index contributed by atoms with van der Waals surface area (Å²) in [4.78, 5) is 5.06. The van der Waals surface area contributed by atoms with E-state index in [1.165, 1.54) is 6.07 Å². The van der Waals surface area contributed by atoms with Crippen LogP contribution in [-0.4, -0.2) is 26.0 Å². The van der Waals surface area contributed by atoms with Crippen molar-refractivity contribution in [1.29, 1.82) is 5.26 Å². The Hall–Kier alpha value is -1.42. The van der Waals surface area contributed by atoms with E-state index in [9.17, 15) is 8.42 Å². The lowest BCUT2D eigenvalue weighted by Gasteiger charge is -2.15. The molecule has 90 valence electrons. The van der Waals surface area contributed by atoms with Gasteiger partial charge in [0.05, 0.1) is 12.2 Å². The van der Waals surface area contributed by atoms with Crippen molar-refractivity contribution < 1.29 is 13.3 Å². The summed E-state index contributed by atoms with van der Waals surface area (Å²) in [7, 11) is -3.72.